The Bertz CT molecular complexity index is 594. The van der Waals surface area contributed by atoms with Crippen molar-refractivity contribution in [2.75, 3.05) is 16.8 Å². The maximum Gasteiger partial charge on any atom is 0.223 e. The number of hydrogen-bond donors (Lipinski definition) is 3. The number of nitriles is 1. The summed E-state index contributed by atoms with van der Waals surface area (Å²) in [5, 5.41) is 11.9. The Kier molecular flexibility index (Phi) is 3.48. The summed E-state index contributed by atoms with van der Waals surface area (Å²) >= 11 is 0. The fraction of sp³-hybridized carbons (Fsp3) is 0.154. The first kappa shape index (κ1) is 12.6. The molecule has 0 aliphatic rings. The summed E-state index contributed by atoms with van der Waals surface area (Å²) in [7, 11) is 0. The van der Waals surface area contributed by atoms with Gasteiger partial charge >= 0.3 is 0 Å². The molecule has 0 radical (unpaired) electrons. The molecule has 0 fully saturated rings. The van der Waals surface area contributed by atoms with Crippen LogP contribution in [0.2, 0.25) is 0 Å². The SMILES string of the molecule is CC(Nc1cc(N)nc(N)n1)c1ccc(C#N)cc1. The molecule has 19 heavy (non-hydrogen) atoms. The lowest BCUT2D eigenvalue weighted by Crippen LogP contribution is -2.10. The number of nitrogen functional groups attached to an aromatic ring is 2. The zero-order valence-corrected chi connectivity index (χ0v) is 10.5. The average Bonchev–Trinajstić information content (AvgIpc) is 2.37. The number of hydrogen-bond acceptors (Lipinski definition) is 6. The predicted octanol–water partition coefficient (Wildman–Crippen LogP) is 1.69. The quantitative estimate of drug-likeness (QED) is 0.768. The van der Waals surface area contributed by atoms with Gasteiger partial charge in [-0.15, -0.1) is 0 Å². The molecular formula is C13H14N6. The van der Waals surface area contributed by atoms with Crippen LogP contribution in [0.25, 0.3) is 0 Å². The Labute approximate surface area is 111 Å². The molecule has 0 amide bonds. The van der Waals surface area contributed by atoms with Gasteiger partial charge < -0.3 is 16.8 Å². The second kappa shape index (κ2) is 5.23. The molecule has 0 spiro atoms. The van der Waals surface area contributed by atoms with Crippen LogP contribution in [0.15, 0.2) is 30.3 Å². The van der Waals surface area contributed by atoms with E-state index in [0.29, 0.717) is 17.2 Å². The fourth-order valence-corrected chi connectivity index (χ4v) is 1.71. The van der Waals surface area contributed by atoms with Gasteiger partial charge in [0.25, 0.3) is 0 Å². The van der Waals surface area contributed by atoms with E-state index in [1.807, 2.05) is 19.1 Å². The molecule has 1 heterocycles. The highest BCUT2D eigenvalue weighted by molar-refractivity contribution is 5.49. The van der Waals surface area contributed by atoms with Crippen LogP contribution in [0.1, 0.15) is 24.1 Å². The highest BCUT2D eigenvalue weighted by Gasteiger charge is 2.07. The first-order valence-electron chi connectivity index (χ1n) is 5.75. The van der Waals surface area contributed by atoms with E-state index in [1.165, 1.54) is 0 Å². The Morgan fingerprint density at radius 3 is 2.47 bits per heavy atom. The van der Waals surface area contributed by atoms with Gasteiger partial charge in [0, 0.05) is 12.1 Å². The maximum absolute atomic E-state index is 8.75. The molecule has 6 nitrogen and oxygen atoms in total. The molecule has 0 aliphatic carbocycles. The molecule has 6 heteroatoms. The monoisotopic (exact) mass is 254 g/mol. The second-order valence-electron chi connectivity index (χ2n) is 4.14. The third-order valence-corrected chi connectivity index (χ3v) is 2.67. The number of benzene rings is 1. The Morgan fingerprint density at radius 2 is 1.89 bits per heavy atom. The Hall–Kier alpha value is -2.81. The van der Waals surface area contributed by atoms with Gasteiger partial charge in [-0.05, 0) is 24.6 Å². The minimum Gasteiger partial charge on any atom is -0.383 e. The molecular weight excluding hydrogens is 240 g/mol. The van der Waals surface area contributed by atoms with Crippen molar-refractivity contribution in [1.82, 2.24) is 9.97 Å². The van der Waals surface area contributed by atoms with Gasteiger partial charge in [-0.2, -0.15) is 15.2 Å². The molecule has 0 aliphatic heterocycles. The van der Waals surface area contributed by atoms with Crippen molar-refractivity contribution in [1.29, 1.82) is 5.26 Å². The topological polar surface area (TPSA) is 114 Å². The van der Waals surface area contributed by atoms with E-state index >= 15 is 0 Å². The summed E-state index contributed by atoms with van der Waals surface area (Å²) in [5.74, 6) is 1.03. The number of nitrogens with one attached hydrogen (secondary N) is 1. The minimum atomic E-state index is 0.0152. The van der Waals surface area contributed by atoms with Crippen molar-refractivity contribution < 1.29 is 0 Å². The molecule has 0 bridgehead atoms. The smallest absolute Gasteiger partial charge is 0.223 e. The zero-order valence-electron chi connectivity index (χ0n) is 10.5. The summed E-state index contributed by atoms with van der Waals surface area (Å²) in [6.45, 7) is 1.98. The average molecular weight is 254 g/mol. The van der Waals surface area contributed by atoms with Gasteiger partial charge in [0.15, 0.2) is 0 Å². The summed E-state index contributed by atoms with van der Waals surface area (Å²) in [6, 6.07) is 11.1. The van der Waals surface area contributed by atoms with Crippen LogP contribution in [0.5, 0.6) is 0 Å². The summed E-state index contributed by atoms with van der Waals surface area (Å²) in [6.07, 6.45) is 0. The molecule has 1 aromatic carbocycles. The highest BCUT2D eigenvalue weighted by atomic mass is 15.1. The zero-order chi connectivity index (χ0) is 13.8. The minimum absolute atomic E-state index is 0.0152. The number of nitrogens with two attached hydrogens (primary N) is 2. The van der Waals surface area contributed by atoms with Gasteiger partial charge in [-0.1, -0.05) is 12.1 Å². The third kappa shape index (κ3) is 3.10. The van der Waals surface area contributed by atoms with Crippen LogP contribution in [0.3, 0.4) is 0 Å². The number of anilines is 3. The first-order chi connectivity index (χ1) is 9.08. The number of aromatic nitrogens is 2. The molecule has 0 saturated heterocycles. The Morgan fingerprint density at radius 1 is 1.21 bits per heavy atom. The van der Waals surface area contributed by atoms with E-state index in [2.05, 4.69) is 21.4 Å². The Balaban J connectivity index is 2.15. The molecule has 5 N–H and O–H groups in total. The van der Waals surface area contributed by atoms with Gasteiger partial charge in [-0.25, -0.2) is 0 Å². The lowest BCUT2D eigenvalue weighted by Gasteiger charge is -2.15. The van der Waals surface area contributed by atoms with E-state index in [-0.39, 0.29) is 12.0 Å². The second-order valence-corrected chi connectivity index (χ2v) is 4.14. The fourth-order valence-electron chi connectivity index (χ4n) is 1.71. The standard InChI is InChI=1S/C13H14N6/c1-8(10-4-2-9(7-14)3-5-10)17-12-6-11(15)18-13(16)19-12/h2-6,8H,1H3,(H5,15,16,17,18,19). The van der Waals surface area contributed by atoms with E-state index < -0.39 is 0 Å². The molecule has 1 aromatic heterocycles. The van der Waals surface area contributed by atoms with E-state index in [9.17, 15) is 0 Å². The van der Waals surface area contributed by atoms with Crippen molar-refractivity contribution in [2.45, 2.75) is 13.0 Å². The molecule has 1 atom stereocenters. The summed E-state index contributed by atoms with van der Waals surface area (Å²) in [5.41, 5.74) is 12.8. The van der Waals surface area contributed by atoms with Crippen molar-refractivity contribution in [3.05, 3.63) is 41.5 Å². The summed E-state index contributed by atoms with van der Waals surface area (Å²) in [4.78, 5) is 7.86. The van der Waals surface area contributed by atoms with Crippen LogP contribution < -0.4 is 16.8 Å². The van der Waals surface area contributed by atoms with Crippen LogP contribution in [0.4, 0.5) is 17.6 Å². The van der Waals surface area contributed by atoms with Crippen LogP contribution in [0, 0.1) is 11.3 Å². The van der Waals surface area contributed by atoms with Crippen molar-refractivity contribution in [3.8, 4) is 6.07 Å². The highest BCUT2D eigenvalue weighted by Crippen LogP contribution is 2.19. The van der Waals surface area contributed by atoms with Gasteiger partial charge in [0.2, 0.25) is 5.95 Å². The molecule has 96 valence electrons. The summed E-state index contributed by atoms with van der Waals surface area (Å²) < 4.78 is 0. The van der Waals surface area contributed by atoms with Crippen molar-refractivity contribution in [2.24, 2.45) is 0 Å². The normalized spacial score (nSPS) is 11.6. The van der Waals surface area contributed by atoms with Gasteiger partial charge in [-0.3, -0.25) is 0 Å². The molecule has 2 rings (SSSR count). The lowest BCUT2D eigenvalue weighted by atomic mass is 10.1. The molecule has 1 unspecified atom stereocenters. The van der Waals surface area contributed by atoms with E-state index in [0.717, 1.165) is 5.56 Å². The van der Waals surface area contributed by atoms with Gasteiger partial charge in [0.1, 0.15) is 11.6 Å². The first-order valence-corrected chi connectivity index (χ1v) is 5.75. The van der Waals surface area contributed by atoms with E-state index in [4.69, 9.17) is 16.7 Å². The number of rotatable bonds is 3. The third-order valence-electron chi connectivity index (χ3n) is 2.67. The number of nitrogens with zero attached hydrogens (tertiary/aromatic N) is 3. The van der Waals surface area contributed by atoms with Crippen molar-refractivity contribution in [3.63, 3.8) is 0 Å². The molecule has 0 saturated carbocycles. The largest absolute Gasteiger partial charge is 0.383 e. The lowest BCUT2D eigenvalue weighted by molar-refractivity contribution is 0.873. The molecule has 2 aromatic rings. The van der Waals surface area contributed by atoms with Crippen LogP contribution >= 0.6 is 0 Å². The van der Waals surface area contributed by atoms with Crippen molar-refractivity contribution >= 4 is 17.6 Å². The van der Waals surface area contributed by atoms with Crippen LogP contribution in [-0.4, -0.2) is 9.97 Å². The predicted molar refractivity (Wildman–Crippen MR) is 74.1 cm³/mol. The van der Waals surface area contributed by atoms with Gasteiger partial charge in [0.05, 0.1) is 11.6 Å². The van der Waals surface area contributed by atoms with E-state index in [1.54, 1.807) is 18.2 Å². The van der Waals surface area contributed by atoms with Crippen LogP contribution in [-0.2, 0) is 0 Å². The maximum atomic E-state index is 8.75.